The number of fused-ring (bicyclic) bond motifs is 5. The fourth-order valence-electron chi connectivity index (χ4n) is 3.10. The molecule has 3 aromatic rings. The molecule has 1 aliphatic carbocycles. The monoisotopic (exact) mass is 276 g/mol. The molecule has 3 heteroatoms. The van der Waals surface area contributed by atoms with Crippen molar-refractivity contribution in [2.45, 2.75) is 13.8 Å². The van der Waals surface area contributed by atoms with E-state index in [1.54, 1.807) is 19.3 Å². The average Bonchev–Trinajstić information content (AvgIpc) is 2.86. The van der Waals surface area contributed by atoms with Gasteiger partial charge in [-0.15, -0.1) is 0 Å². The van der Waals surface area contributed by atoms with E-state index in [1.165, 1.54) is 0 Å². The van der Waals surface area contributed by atoms with Gasteiger partial charge in [0.05, 0.1) is 11.8 Å². The number of furan rings is 1. The third kappa shape index (κ3) is 1.43. The molecule has 1 aliphatic rings. The number of ketones is 2. The van der Waals surface area contributed by atoms with E-state index >= 15 is 0 Å². The summed E-state index contributed by atoms with van der Waals surface area (Å²) < 4.78 is 5.61. The van der Waals surface area contributed by atoms with Gasteiger partial charge in [-0.2, -0.15) is 0 Å². The van der Waals surface area contributed by atoms with Gasteiger partial charge in [0, 0.05) is 11.1 Å². The SMILES string of the molecule is Cc1coc2c1C(=O)C(=O)c1ccc3c(C)cccc3c1-2. The highest BCUT2D eigenvalue weighted by atomic mass is 16.3. The van der Waals surface area contributed by atoms with Crippen LogP contribution in [0.2, 0.25) is 0 Å². The standard InChI is InChI=1S/C18H12O3/c1-9-4-3-5-12-11(9)6-7-13-15(12)18-14(10(2)8-21-18)17(20)16(13)19/h3-8H,1-2H3. The molecule has 0 fully saturated rings. The van der Waals surface area contributed by atoms with E-state index in [0.717, 1.165) is 21.9 Å². The Bertz CT molecular complexity index is 944. The number of benzene rings is 2. The van der Waals surface area contributed by atoms with Gasteiger partial charge in [0.15, 0.2) is 0 Å². The van der Waals surface area contributed by atoms with Gasteiger partial charge >= 0.3 is 0 Å². The molecule has 0 atom stereocenters. The molecule has 1 heterocycles. The Labute approximate surface area is 121 Å². The highest BCUT2D eigenvalue weighted by molar-refractivity contribution is 6.53. The van der Waals surface area contributed by atoms with E-state index in [4.69, 9.17) is 4.42 Å². The summed E-state index contributed by atoms with van der Waals surface area (Å²) in [5.41, 5.74) is 3.41. The Morgan fingerprint density at radius 2 is 1.62 bits per heavy atom. The molecule has 0 radical (unpaired) electrons. The molecular weight excluding hydrogens is 264 g/mol. The van der Waals surface area contributed by atoms with E-state index in [0.29, 0.717) is 22.5 Å². The van der Waals surface area contributed by atoms with Crippen molar-refractivity contribution in [2.75, 3.05) is 0 Å². The maximum absolute atomic E-state index is 12.4. The van der Waals surface area contributed by atoms with Gasteiger partial charge < -0.3 is 4.42 Å². The van der Waals surface area contributed by atoms with Gasteiger partial charge in [-0.05, 0) is 41.8 Å². The van der Waals surface area contributed by atoms with Crippen LogP contribution in [-0.4, -0.2) is 11.6 Å². The number of aryl methyl sites for hydroxylation is 2. The zero-order valence-corrected chi connectivity index (χ0v) is 11.7. The first kappa shape index (κ1) is 12.1. The molecule has 21 heavy (non-hydrogen) atoms. The summed E-state index contributed by atoms with van der Waals surface area (Å²) in [5.74, 6) is -0.413. The topological polar surface area (TPSA) is 47.3 Å². The third-order valence-corrected chi connectivity index (χ3v) is 4.16. The maximum atomic E-state index is 12.4. The first-order valence-corrected chi connectivity index (χ1v) is 6.79. The highest BCUT2D eigenvalue weighted by Gasteiger charge is 2.35. The first-order chi connectivity index (χ1) is 10.1. The second-order valence-corrected chi connectivity index (χ2v) is 5.44. The Balaban J connectivity index is 2.23. The molecule has 0 saturated heterocycles. The van der Waals surface area contributed by atoms with Crippen molar-refractivity contribution in [3.8, 4) is 11.3 Å². The zero-order chi connectivity index (χ0) is 14.7. The number of carbonyl (C=O) groups is 2. The van der Waals surface area contributed by atoms with Gasteiger partial charge in [0.25, 0.3) is 0 Å². The van der Waals surface area contributed by atoms with Crippen LogP contribution in [0.1, 0.15) is 31.8 Å². The average molecular weight is 276 g/mol. The van der Waals surface area contributed by atoms with Crippen LogP contribution >= 0.6 is 0 Å². The molecular formula is C18H12O3. The summed E-state index contributed by atoms with van der Waals surface area (Å²) in [6, 6.07) is 9.57. The van der Waals surface area contributed by atoms with Crippen molar-refractivity contribution in [2.24, 2.45) is 0 Å². The maximum Gasteiger partial charge on any atom is 0.237 e. The van der Waals surface area contributed by atoms with Crippen molar-refractivity contribution in [1.82, 2.24) is 0 Å². The number of carbonyl (C=O) groups excluding carboxylic acids is 2. The van der Waals surface area contributed by atoms with Crippen LogP contribution in [0.4, 0.5) is 0 Å². The van der Waals surface area contributed by atoms with Crippen molar-refractivity contribution in [1.29, 1.82) is 0 Å². The van der Waals surface area contributed by atoms with Gasteiger partial charge in [-0.3, -0.25) is 9.59 Å². The summed E-state index contributed by atoms with van der Waals surface area (Å²) in [6.45, 7) is 3.81. The smallest absolute Gasteiger partial charge is 0.237 e. The third-order valence-electron chi connectivity index (χ3n) is 4.16. The van der Waals surface area contributed by atoms with Crippen molar-refractivity contribution < 1.29 is 14.0 Å². The fraction of sp³-hybridized carbons (Fsp3) is 0.111. The molecule has 0 bridgehead atoms. The molecule has 0 saturated carbocycles. The predicted octanol–water partition coefficient (Wildman–Crippen LogP) is 4.10. The Hall–Kier alpha value is -2.68. The second-order valence-electron chi connectivity index (χ2n) is 5.44. The Morgan fingerprint density at radius 3 is 2.43 bits per heavy atom. The van der Waals surface area contributed by atoms with E-state index in [2.05, 4.69) is 0 Å². The molecule has 3 nitrogen and oxygen atoms in total. The van der Waals surface area contributed by atoms with Crippen molar-refractivity contribution >= 4 is 22.3 Å². The number of rotatable bonds is 0. The lowest BCUT2D eigenvalue weighted by Crippen LogP contribution is -2.21. The minimum absolute atomic E-state index is 0.404. The van der Waals surface area contributed by atoms with Crippen LogP contribution in [0, 0.1) is 13.8 Å². The molecule has 0 N–H and O–H groups in total. The van der Waals surface area contributed by atoms with Crippen LogP contribution < -0.4 is 0 Å². The van der Waals surface area contributed by atoms with Crippen LogP contribution in [0.3, 0.4) is 0 Å². The van der Waals surface area contributed by atoms with E-state index < -0.39 is 11.6 Å². The molecule has 0 amide bonds. The Morgan fingerprint density at radius 1 is 0.810 bits per heavy atom. The van der Waals surface area contributed by atoms with Gasteiger partial charge in [0.1, 0.15) is 5.76 Å². The molecule has 0 unspecified atom stereocenters. The van der Waals surface area contributed by atoms with Crippen LogP contribution in [0.25, 0.3) is 22.1 Å². The lowest BCUT2D eigenvalue weighted by Gasteiger charge is -2.16. The number of Topliss-reactive ketones (excluding diaryl/α,β-unsaturated/α-hetero) is 2. The zero-order valence-electron chi connectivity index (χ0n) is 11.7. The molecule has 1 aromatic heterocycles. The van der Waals surface area contributed by atoms with E-state index in [9.17, 15) is 9.59 Å². The largest absolute Gasteiger partial charge is 0.463 e. The molecule has 4 rings (SSSR count). The first-order valence-electron chi connectivity index (χ1n) is 6.79. The summed E-state index contributed by atoms with van der Waals surface area (Å²) in [5, 5.41) is 2.02. The predicted molar refractivity (Wildman–Crippen MR) is 79.8 cm³/mol. The molecule has 2 aromatic carbocycles. The fourth-order valence-corrected chi connectivity index (χ4v) is 3.10. The second kappa shape index (κ2) is 3.92. The van der Waals surface area contributed by atoms with Crippen LogP contribution in [0.5, 0.6) is 0 Å². The molecule has 0 spiro atoms. The lowest BCUT2D eigenvalue weighted by molar-refractivity contribution is 0.0814. The minimum atomic E-state index is -0.476. The molecule has 102 valence electrons. The van der Waals surface area contributed by atoms with E-state index in [-0.39, 0.29) is 0 Å². The Kier molecular flexibility index (Phi) is 2.25. The number of hydrogen-bond donors (Lipinski definition) is 0. The lowest BCUT2D eigenvalue weighted by atomic mass is 9.84. The van der Waals surface area contributed by atoms with Gasteiger partial charge in [-0.25, -0.2) is 0 Å². The quantitative estimate of drug-likeness (QED) is 0.581. The van der Waals surface area contributed by atoms with Crippen LogP contribution in [-0.2, 0) is 0 Å². The van der Waals surface area contributed by atoms with E-state index in [1.807, 2.05) is 31.2 Å². The summed E-state index contributed by atoms with van der Waals surface area (Å²) in [7, 11) is 0. The molecule has 0 aliphatic heterocycles. The summed E-state index contributed by atoms with van der Waals surface area (Å²) in [6.07, 6.45) is 1.54. The van der Waals surface area contributed by atoms with Gasteiger partial charge in [0.2, 0.25) is 11.6 Å². The van der Waals surface area contributed by atoms with Gasteiger partial charge in [-0.1, -0.05) is 24.3 Å². The number of hydrogen-bond acceptors (Lipinski definition) is 3. The minimum Gasteiger partial charge on any atom is -0.463 e. The van der Waals surface area contributed by atoms with Crippen molar-refractivity contribution in [3.63, 3.8) is 0 Å². The van der Waals surface area contributed by atoms with Crippen LogP contribution in [0.15, 0.2) is 41.0 Å². The summed E-state index contributed by atoms with van der Waals surface area (Å²) in [4.78, 5) is 24.6. The van der Waals surface area contributed by atoms with Crippen molar-refractivity contribution in [3.05, 3.63) is 58.8 Å². The highest BCUT2D eigenvalue weighted by Crippen LogP contribution is 2.41. The normalized spacial score (nSPS) is 13.4. The summed E-state index contributed by atoms with van der Waals surface area (Å²) >= 11 is 0.